The van der Waals surface area contributed by atoms with Gasteiger partial charge in [0.2, 0.25) is 0 Å². The van der Waals surface area contributed by atoms with Crippen LogP contribution in [-0.4, -0.2) is 24.3 Å². The standard InChI is InChI=1S/C16H20N2O3S/c1-3-21-15-8-13(5-4-11(15)2)18-16(20)17-9-14(19)12-6-7-22-10-12/h4-8,10,14,19H,3,9H2,1-2H3,(H2,17,18,20). The number of aryl methyl sites for hydroxylation is 1. The number of hydrogen-bond donors (Lipinski definition) is 3. The number of carbonyl (C=O) groups excluding carboxylic acids is 1. The van der Waals surface area contributed by atoms with Gasteiger partial charge in [-0.3, -0.25) is 0 Å². The number of anilines is 1. The Kier molecular flexibility index (Phi) is 5.80. The molecule has 0 aliphatic rings. The third-order valence-electron chi connectivity index (χ3n) is 3.13. The van der Waals surface area contributed by atoms with E-state index < -0.39 is 6.10 Å². The lowest BCUT2D eigenvalue weighted by Crippen LogP contribution is -2.32. The Morgan fingerprint density at radius 2 is 2.23 bits per heavy atom. The number of amides is 2. The number of carbonyl (C=O) groups is 1. The van der Waals surface area contributed by atoms with E-state index in [1.807, 2.05) is 42.8 Å². The monoisotopic (exact) mass is 320 g/mol. The van der Waals surface area contributed by atoms with E-state index >= 15 is 0 Å². The first kappa shape index (κ1) is 16.3. The molecule has 1 aromatic heterocycles. The molecule has 0 aliphatic carbocycles. The summed E-state index contributed by atoms with van der Waals surface area (Å²) in [4.78, 5) is 11.9. The lowest BCUT2D eigenvalue weighted by Gasteiger charge is -2.13. The zero-order valence-electron chi connectivity index (χ0n) is 12.6. The molecule has 2 amide bonds. The fourth-order valence-electron chi connectivity index (χ4n) is 1.94. The molecule has 0 fully saturated rings. The summed E-state index contributed by atoms with van der Waals surface area (Å²) in [5.41, 5.74) is 2.47. The molecular weight excluding hydrogens is 300 g/mol. The second kappa shape index (κ2) is 7.82. The van der Waals surface area contributed by atoms with Gasteiger partial charge in [0.25, 0.3) is 0 Å². The Balaban J connectivity index is 1.88. The number of aliphatic hydroxyl groups is 1. The second-order valence-corrected chi connectivity index (χ2v) is 5.60. The van der Waals surface area contributed by atoms with E-state index in [9.17, 15) is 9.90 Å². The minimum atomic E-state index is -0.700. The molecule has 1 heterocycles. The van der Waals surface area contributed by atoms with Gasteiger partial charge in [-0.05, 0) is 47.9 Å². The zero-order valence-corrected chi connectivity index (χ0v) is 13.4. The van der Waals surface area contributed by atoms with E-state index in [0.29, 0.717) is 12.3 Å². The molecule has 0 bridgehead atoms. The lowest BCUT2D eigenvalue weighted by atomic mass is 10.2. The highest BCUT2D eigenvalue weighted by atomic mass is 32.1. The van der Waals surface area contributed by atoms with Crippen molar-refractivity contribution in [2.75, 3.05) is 18.5 Å². The molecular formula is C16H20N2O3S. The second-order valence-electron chi connectivity index (χ2n) is 4.82. The summed E-state index contributed by atoms with van der Waals surface area (Å²) in [5, 5.41) is 19.0. The van der Waals surface area contributed by atoms with E-state index in [-0.39, 0.29) is 12.6 Å². The van der Waals surface area contributed by atoms with Crippen LogP contribution in [0.2, 0.25) is 0 Å². The smallest absolute Gasteiger partial charge is 0.319 e. The predicted molar refractivity (Wildman–Crippen MR) is 88.6 cm³/mol. The Labute approximate surface area is 133 Å². The minimum absolute atomic E-state index is 0.159. The van der Waals surface area contributed by atoms with Crippen molar-refractivity contribution < 1.29 is 14.6 Å². The quantitative estimate of drug-likeness (QED) is 0.765. The first-order chi connectivity index (χ1) is 10.6. The zero-order chi connectivity index (χ0) is 15.9. The highest BCUT2D eigenvalue weighted by Crippen LogP contribution is 2.22. The molecule has 1 aromatic carbocycles. The van der Waals surface area contributed by atoms with Crippen LogP contribution in [0.1, 0.15) is 24.2 Å². The normalized spacial score (nSPS) is 11.8. The Morgan fingerprint density at radius 1 is 1.41 bits per heavy atom. The number of hydrogen-bond acceptors (Lipinski definition) is 4. The average Bonchev–Trinajstić information content (AvgIpc) is 3.03. The van der Waals surface area contributed by atoms with Gasteiger partial charge in [0, 0.05) is 18.3 Å². The summed E-state index contributed by atoms with van der Waals surface area (Å²) >= 11 is 1.51. The molecule has 3 N–H and O–H groups in total. The summed E-state index contributed by atoms with van der Waals surface area (Å²) in [5.74, 6) is 0.749. The van der Waals surface area contributed by atoms with Crippen LogP contribution in [0.25, 0.3) is 0 Å². The van der Waals surface area contributed by atoms with E-state index in [0.717, 1.165) is 16.9 Å². The number of thiophene rings is 1. The third-order valence-corrected chi connectivity index (χ3v) is 3.83. The molecule has 5 nitrogen and oxygen atoms in total. The van der Waals surface area contributed by atoms with Crippen molar-refractivity contribution in [3.05, 3.63) is 46.2 Å². The number of urea groups is 1. The third kappa shape index (κ3) is 4.47. The topological polar surface area (TPSA) is 70.6 Å². The van der Waals surface area contributed by atoms with Crippen molar-refractivity contribution in [3.8, 4) is 5.75 Å². The molecule has 0 spiro atoms. The number of nitrogens with one attached hydrogen (secondary N) is 2. The van der Waals surface area contributed by atoms with Crippen LogP contribution in [-0.2, 0) is 0 Å². The van der Waals surface area contributed by atoms with Crippen molar-refractivity contribution >= 4 is 23.1 Å². The van der Waals surface area contributed by atoms with Gasteiger partial charge in [0.1, 0.15) is 5.75 Å². The van der Waals surface area contributed by atoms with Gasteiger partial charge < -0.3 is 20.5 Å². The van der Waals surface area contributed by atoms with Gasteiger partial charge >= 0.3 is 6.03 Å². The predicted octanol–water partition coefficient (Wildman–Crippen LogP) is 3.31. The van der Waals surface area contributed by atoms with E-state index in [2.05, 4.69) is 10.6 Å². The van der Waals surface area contributed by atoms with Crippen molar-refractivity contribution in [3.63, 3.8) is 0 Å². The summed E-state index contributed by atoms with van der Waals surface area (Å²) in [6.07, 6.45) is -0.700. The van der Waals surface area contributed by atoms with Crippen LogP contribution in [0, 0.1) is 6.92 Å². The summed E-state index contributed by atoms with van der Waals surface area (Å²) in [6, 6.07) is 6.96. The Morgan fingerprint density at radius 3 is 2.91 bits per heavy atom. The maximum atomic E-state index is 11.9. The largest absolute Gasteiger partial charge is 0.494 e. The van der Waals surface area contributed by atoms with Crippen LogP contribution in [0.4, 0.5) is 10.5 Å². The van der Waals surface area contributed by atoms with Crippen LogP contribution in [0.15, 0.2) is 35.0 Å². The van der Waals surface area contributed by atoms with Crippen molar-refractivity contribution in [2.24, 2.45) is 0 Å². The first-order valence-electron chi connectivity index (χ1n) is 7.08. The molecule has 6 heteroatoms. The fourth-order valence-corrected chi connectivity index (χ4v) is 2.64. The molecule has 1 atom stereocenters. The Hall–Kier alpha value is -2.05. The highest BCUT2D eigenvalue weighted by molar-refractivity contribution is 7.07. The Bertz CT molecular complexity index is 614. The minimum Gasteiger partial charge on any atom is -0.494 e. The molecule has 22 heavy (non-hydrogen) atoms. The SMILES string of the molecule is CCOc1cc(NC(=O)NCC(O)c2ccsc2)ccc1C. The van der Waals surface area contributed by atoms with Gasteiger partial charge in [0.15, 0.2) is 0 Å². The summed E-state index contributed by atoms with van der Waals surface area (Å²) in [7, 11) is 0. The van der Waals surface area contributed by atoms with E-state index in [1.54, 1.807) is 6.07 Å². The van der Waals surface area contributed by atoms with Crippen LogP contribution >= 0.6 is 11.3 Å². The fraction of sp³-hybridized carbons (Fsp3) is 0.312. The maximum Gasteiger partial charge on any atom is 0.319 e. The van der Waals surface area contributed by atoms with Crippen molar-refractivity contribution in [2.45, 2.75) is 20.0 Å². The van der Waals surface area contributed by atoms with Crippen molar-refractivity contribution in [1.29, 1.82) is 0 Å². The highest BCUT2D eigenvalue weighted by Gasteiger charge is 2.10. The van der Waals surface area contributed by atoms with Gasteiger partial charge in [-0.1, -0.05) is 6.07 Å². The number of ether oxygens (including phenoxy) is 1. The molecule has 1 unspecified atom stereocenters. The van der Waals surface area contributed by atoms with Crippen molar-refractivity contribution in [1.82, 2.24) is 5.32 Å². The summed E-state index contributed by atoms with van der Waals surface area (Å²) < 4.78 is 5.50. The van der Waals surface area contributed by atoms with Gasteiger partial charge in [-0.25, -0.2) is 4.79 Å². The maximum absolute atomic E-state index is 11.9. The number of aliphatic hydroxyl groups excluding tert-OH is 1. The van der Waals surface area contributed by atoms with E-state index in [1.165, 1.54) is 11.3 Å². The average molecular weight is 320 g/mol. The molecule has 2 aromatic rings. The molecule has 0 aliphatic heterocycles. The summed E-state index contributed by atoms with van der Waals surface area (Å²) in [6.45, 7) is 4.60. The lowest BCUT2D eigenvalue weighted by molar-refractivity contribution is 0.175. The van der Waals surface area contributed by atoms with Crippen LogP contribution < -0.4 is 15.4 Å². The molecule has 0 saturated carbocycles. The first-order valence-corrected chi connectivity index (χ1v) is 8.03. The number of rotatable bonds is 6. The van der Waals surface area contributed by atoms with Gasteiger partial charge in [-0.15, -0.1) is 0 Å². The number of benzene rings is 1. The molecule has 118 valence electrons. The van der Waals surface area contributed by atoms with Crippen LogP contribution in [0.3, 0.4) is 0 Å². The molecule has 2 rings (SSSR count). The molecule has 0 saturated heterocycles. The van der Waals surface area contributed by atoms with Crippen LogP contribution in [0.5, 0.6) is 5.75 Å². The van der Waals surface area contributed by atoms with Gasteiger partial charge in [-0.2, -0.15) is 11.3 Å². The van der Waals surface area contributed by atoms with Gasteiger partial charge in [0.05, 0.1) is 12.7 Å². The van der Waals surface area contributed by atoms with E-state index in [4.69, 9.17) is 4.74 Å². The molecule has 0 radical (unpaired) electrons.